The van der Waals surface area contributed by atoms with E-state index in [1.54, 1.807) is 0 Å². The molecule has 0 radical (unpaired) electrons. The Morgan fingerprint density at radius 3 is 2.71 bits per heavy atom. The predicted octanol–water partition coefficient (Wildman–Crippen LogP) is 1.91. The minimum atomic E-state index is 0.503. The fourth-order valence-electron chi connectivity index (χ4n) is 3.95. The van der Waals surface area contributed by atoms with Gasteiger partial charge in [-0.25, -0.2) is 0 Å². The van der Waals surface area contributed by atoms with Crippen molar-refractivity contribution in [3.05, 3.63) is 17.5 Å². The summed E-state index contributed by atoms with van der Waals surface area (Å²) in [7, 11) is 4.16. The van der Waals surface area contributed by atoms with E-state index in [0.717, 1.165) is 24.1 Å². The van der Waals surface area contributed by atoms with E-state index >= 15 is 0 Å². The van der Waals surface area contributed by atoms with Crippen LogP contribution in [0, 0.1) is 24.2 Å². The molecule has 1 heterocycles. The quantitative estimate of drug-likeness (QED) is 0.861. The molecule has 3 nitrogen and oxygen atoms in total. The number of fused-ring (bicyclic) bond motifs is 1. The Morgan fingerprint density at radius 2 is 2.18 bits per heavy atom. The largest absolute Gasteiger partial charge is 0.319 e. The van der Waals surface area contributed by atoms with Gasteiger partial charge >= 0.3 is 0 Å². The zero-order valence-corrected chi connectivity index (χ0v) is 11.2. The molecule has 0 spiro atoms. The van der Waals surface area contributed by atoms with E-state index in [2.05, 4.69) is 42.2 Å². The van der Waals surface area contributed by atoms with Crippen LogP contribution in [0.1, 0.15) is 30.7 Å². The highest BCUT2D eigenvalue weighted by molar-refractivity contribution is 5.14. The Balaban J connectivity index is 1.78. The van der Waals surface area contributed by atoms with E-state index in [0.29, 0.717) is 5.41 Å². The lowest BCUT2D eigenvalue weighted by Crippen LogP contribution is -2.34. The third kappa shape index (κ3) is 2.01. The van der Waals surface area contributed by atoms with E-state index in [-0.39, 0.29) is 0 Å². The molecule has 3 rings (SSSR count). The Bertz CT molecular complexity index is 411. The van der Waals surface area contributed by atoms with Crippen molar-refractivity contribution in [2.45, 2.75) is 32.6 Å². The Morgan fingerprint density at radius 1 is 1.47 bits per heavy atom. The molecule has 2 aliphatic rings. The van der Waals surface area contributed by atoms with E-state index in [9.17, 15) is 0 Å². The summed E-state index contributed by atoms with van der Waals surface area (Å²) in [6.07, 6.45) is 5.53. The first-order valence-electron chi connectivity index (χ1n) is 6.76. The summed E-state index contributed by atoms with van der Waals surface area (Å²) in [6, 6.07) is 2.25. The fourth-order valence-corrected chi connectivity index (χ4v) is 3.95. The first-order chi connectivity index (χ1) is 8.12. The Labute approximate surface area is 104 Å². The average molecular weight is 233 g/mol. The molecule has 0 aromatic carbocycles. The van der Waals surface area contributed by atoms with Crippen LogP contribution < -0.4 is 5.32 Å². The van der Waals surface area contributed by atoms with Gasteiger partial charge in [0.25, 0.3) is 0 Å². The van der Waals surface area contributed by atoms with Gasteiger partial charge in [-0.2, -0.15) is 5.10 Å². The van der Waals surface area contributed by atoms with Gasteiger partial charge in [-0.15, -0.1) is 0 Å². The second kappa shape index (κ2) is 3.84. The molecule has 17 heavy (non-hydrogen) atoms. The monoisotopic (exact) mass is 233 g/mol. The fraction of sp³-hybridized carbons (Fsp3) is 0.786. The molecule has 2 unspecified atom stereocenters. The second-order valence-electron chi connectivity index (χ2n) is 6.27. The van der Waals surface area contributed by atoms with Crippen molar-refractivity contribution in [3.63, 3.8) is 0 Å². The lowest BCUT2D eigenvalue weighted by Gasteiger charge is -2.30. The molecule has 2 saturated carbocycles. The molecule has 2 aliphatic carbocycles. The van der Waals surface area contributed by atoms with Crippen LogP contribution in [0.4, 0.5) is 0 Å². The highest BCUT2D eigenvalue weighted by Gasteiger charge is 2.53. The number of nitrogens with zero attached hydrogens (tertiary/aromatic N) is 2. The highest BCUT2D eigenvalue weighted by Crippen LogP contribution is 2.60. The van der Waals surface area contributed by atoms with Gasteiger partial charge in [-0.3, -0.25) is 4.68 Å². The van der Waals surface area contributed by atoms with E-state index in [4.69, 9.17) is 0 Å². The van der Waals surface area contributed by atoms with Gasteiger partial charge in [0.1, 0.15) is 0 Å². The molecule has 0 amide bonds. The maximum absolute atomic E-state index is 4.47. The summed E-state index contributed by atoms with van der Waals surface area (Å²) < 4.78 is 2.07. The second-order valence-corrected chi connectivity index (χ2v) is 6.27. The van der Waals surface area contributed by atoms with Crippen molar-refractivity contribution in [2.75, 3.05) is 13.6 Å². The number of aryl methyl sites for hydroxylation is 2. The van der Waals surface area contributed by atoms with Crippen LogP contribution in [0.15, 0.2) is 6.07 Å². The summed E-state index contributed by atoms with van der Waals surface area (Å²) in [6.45, 7) is 3.24. The van der Waals surface area contributed by atoms with Crippen molar-refractivity contribution in [3.8, 4) is 0 Å². The van der Waals surface area contributed by atoms with Crippen molar-refractivity contribution >= 4 is 0 Å². The normalized spacial score (nSPS) is 35.0. The molecule has 1 N–H and O–H groups in total. The van der Waals surface area contributed by atoms with Crippen LogP contribution >= 0.6 is 0 Å². The van der Waals surface area contributed by atoms with Crippen LogP contribution in [0.3, 0.4) is 0 Å². The van der Waals surface area contributed by atoms with Gasteiger partial charge in [0.2, 0.25) is 0 Å². The van der Waals surface area contributed by atoms with E-state index in [1.807, 2.05) is 0 Å². The summed E-state index contributed by atoms with van der Waals surface area (Å²) in [4.78, 5) is 0. The van der Waals surface area contributed by atoms with E-state index < -0.39 is 0 Å². The molecule has 3 heteroatoms. The number of nitrogens with one attached hydrogen (secondary N) is 1. The van der Waals surface area contributed by atoms with Gasteiger partial charge in [0, 0.05) is 19.3 Å². The Hall–Kier alpha value is -0.830. The molecule has 0 bridgehead atoms. The minimum Gasteiger partial charge on any atom is -0.319 e. The SMILES string of the molecule is CNCC1(Cc2cc(C)nn2C)CC2CC2C1. The third-order valence-corrected chi connectivity index (χ3v) is 4.67. The molecule has 2 fully saturated rings. The summed E-state index contributed by atoms with van der Waals surface area (Å²) >= 11 is 0. The zero-order valence-electron chi connectivity index (χ0n) is 11.2. The van der Waals surface area contributed by atoms with Gasteiger partial charge in [0.15, 0.2) is 0 Å². The first kappa shape index (κ1) is 11.3. The standard InChI is InChI=1S/C14H23N3/c1-10-4-13(17(3)16-10)8-14(9-15-2)6-11-5-12(11)7-14/h4,11-12,15H,5-9H2,1-3H3. The molecule has 0 aliphatic heterocycles. The molecule has 2 atom stereocenters. The molecule has 94 valence electrons. The molecular weight excluding hydrogens is 210 g/mol. The topological polar surface area (TPSA) is 29.9 Å². The maximum Gasteiger partial charge on any atom is 0.0596 e. The van der Waals surface area contributed by atoms with Crippen molar-refractivity contribution < 1.29 is 0 Å². The van der Waals surface area contributed by atoms with Crippen molar-refractivity contribution in [1.29, 1.82) is 0 Å². The van der Waals surface area contributed by atoms with Gasteiger partial charge < -0.3 is 5.32 Å². The van der Waals surface area contributed by atoms with Crippen molar-refractivity contribution in [1.82, 2.24) is 15.1 Å². The highest BCUT2D eigenvalue weighted by atomic mass is 15.3. The average Bonchev–Trinajstić information content (AvgIpc) is 2.73. The van der Waals surface area contributed by atoms with Crippen LogP contribution in [0.25, 0.3) is 0 Å². The van der Waals surface area contributed by atoms with Gasteiger partial charge in [-0.05, 0) is 63.0 Å². The number of rotatable bonds is 4. The molecule has 0 saturated heterocycles. The number of hydrogen-bond acceptors (Lipinski definition) is 2. The Kier molecular flexibility index (Phi) is 2.54. The number of aromatic nitrogens is 2. The van der Waals surface area contributed by atoms with Crippen molar-refractivity contribution in [2.24, 2.45) is 24.3 Å². The molecule has 1 aromatic heterocycles. The molecule has 1 aromatic rings. The lowest BCUT2D eigenvalue weighted by atomic mass is 9.78. The smallest absolute Gasteiger partial charge is 0.0596 e. The van der Waals surface area contributed by atoms with Crippen LogP contribution in [0.2, 0.25) is 0 Å². The maximum atomic E-state index is 4.47. The third-order valence-electron chi connectivity index (χ3n) is 4.67. The lowest BCUT2D eigenvalue weighted by molar-refractivity contribution is 0.249. The predicted molar refractivity (Wildman–Crippen MR) is 68.8 cm³/mol. The van der Waals surface area contributed by atoms with Crippen LogP contribution in [-0.4, -0.2) is 23.4 Å². The van der Waals surface area contributed by atoms with Gasteiger partial charge in [-0.1, -0.05) is 0 Å². The molecular formula is C14H23N3. The number of hydrogen-bond donors (Lipinski definition) is 1. The first-order valence-corrected chi connectivity index (χ1v) is 6.76. The van der Waals surface area contributed by atoms with Gasteiger partial charge in [0.05, 0.1) is 5.69 Å². The minimum absolute atomic E-state index is 0.503. The van der Waals surface area contributed by atoms with Crippen LogP contribution in [-0.2, 0) is 13.5 Å². The summed E-state index contributed by atoms with van der Waals surface area (Å²) in [5.74, 6) is 2.08. The summed E-state index contributed by atoms with van der Waals surface area (Å²) in [5.41, 5.74) is 3.05. The van der Waals surface area contributed by atoms with E-state index in [1.165, 1.54) is 31.4 Å². The zero-order chi connectivity index (χ0) is 12.0. The van der Waals surface area contributed by atoms with Crippen LogP contribution in [0.5, 0.6) is 0 Å². The summed E-state index contributed by atoms with van der Waals surface area (Å²) in [5, 5.41) is 7.88.